The average molecular weight is 374 g/mol. The van der Waals surface area contributed by atoms with E-state index in [2.05, 4.69) is 9.97 Å². The Labute approximate surface area is 161 Å². The van der Waals surface area contributed by atoms with Gasteiger partial charge in [-0.05, 0) is 54.4 Å². The normalized spacial score (nSPS) is 15.8. The van der Waals surface area contributed by atoms with Crippen LogP contribution in [-0.2, 0) is 6.42 Å². The summed E-state index contributed by atoms with van der Waals surface area (Å²) in [7, 11) is 1.66. The van der Waals surface area contributed by atoms with Gasteiger partial charge in [0.25, 0.3) is 0 Å². The summed E-state index contributed by atoms with van der Waals surface area (Å²) in [4.78, 5) is 12.9. The van der Waals surface area contributed by atoms with Gasteiger partial charge in [0.2, 0.25) is 11.8 Å². The minimum absolute atomic E-state index is 0.0464. The molecule has 7 heteroatoms. The SMILES string of the molecule is COc1ccc2c(c1)C[C@H](c1nc3cc(-c4ccnc(N)n4)ccc3o1)CO2. The van der Waals surface area contributed by atoms with Crippen LogP contribution in [0.4, 0.5) is 5.95 Å². The standard InChI is InChI=1S/C21H18N4O3/c1-26-15-3-5-18-13(9-15)8-14(11-27-18)20-24-17-10-12(2-4-19(17)28-20)16-6-7-23-21(22)25-16/h2-7,9-10,14H,8,11H2,1H3,(H2,22,23,25)/t14-/m0/s1. The number of oxazole rings is 1. The van der Waals surface area contributed by atoms with Gasteiger partial charge in [0.1, 0.15) is 23.6 Å². The van der Waals surface area contributed by atoms with E-state index >= 15 is 0 Å². The van der Waals surface area contributed by atoms with Crippen LogP contribution in [0.3, 0.4) is 0 Å². The van der Waals surface area contributed by atoms with E-state index in [4.69, 9.17) is 24.6 Å². The Morgan fingerprint density at radius 3 is 2.89 bits per heavy atom. The summed E-state index contributed by atoms with van der Waals surface area (Å²) in [6.45, 7) is 0.529. The fraction of sp³-hybridized carbons (Fsp3) is 0.190. The van der Waals surface area contributed by atoms with Gasteiger partial charge in [-0.2, -0.15) is 0 Å². The summed E-state index contributed by atoms with van der Waals surface area (Å²) < 4.78 is 17.2. The van der Waals surface area contributed by atoms with Crippen molar-refractivity contribution in [1.82, 2.24) is 15.0 Å². The summed E-state index contributed by atoms with van der Waals surface area (Å²) in [5.74, 6) is 2.66. The Morgan fingerprint density at radius 2 is 2.04 bits per heavy atom. The highest BCUT2D eigenvalue weighted by Gasteiger charge is 2.26. The molecule has 0 bridgehead atoms. The number of rotatable bonds is 3. The molecule has 1 atom stereocenters. The molecule has 5 rings (SSSR count). The van der Waals surface area contributed by atoms with Crippen molar-refractivity contribution < 1.29 is 13.9 Å². The minimum atomic E-state index is 0.0464. The fourth-order valence-electron chi connectivity index (χ4n) is 3.47. The van der Waals surface area contributed by atoms with Crippen molar-refractivity contribution in [2.45, 2.75) is 12.3 Å². The Hall–Kier alpha value is -3.61. The molecule has 2 N–H and O–H groups in total. The van der Waals surface area contributed by atoms with Crippen LogP contribution in [0.2, 0.25) is 0 Å². The fourth-order valence-corrected chi connectivity index (χ4v) is 3.47. The lowest BCUT2D eigenvalue weighted by Gasteiger charge is -2.23. The van der Waals surface area contributed by atoms with Crippen LogP contribution in [0.25, 0.3) is 22.4 Å². The molecule has 4 aromatic rings. The molecule has 0 amide bonds. The van der Waals surface area contributed by atoms with Crippen molar-refractivity contribution >= 4 is 17.0 Å². The molecule has 0 fully saturated rings. The average Bonchev–Trinajstić information content (AvgIpc) is 3.16. The molecule has 140 valence electrons. The number of nitrogens with zero attached hydrogens (tertiary/aromatic N) is 3. The first-order chi connectivity index (χ1) is 13.7. The van der Waals surface area contributed by atoms with Crippen LogP contribution in [0.15, 0.2) is 53.1 Å². The molecule has 2 aromatic heterocycles. The monoisotopic (exact) mass is 374 g/mol. The zero-order valence-electron chi connectivity index (χ0n) is 15.3. The van der Waals surface area contributed by atoms with Crippen molar-refractivity contribution in [2.24, 2.45) is 0 Å². The van der Waals surface area contributed by atoms with Crippen LogP contribution in [0, 0.1) is 0 Å². The number of benzene rings is 2. The summed E-state index contributed by atoms with van der Waals surface area (Å²) >= 11 is 0. The van der Waals surface area contributed by atoms with Gasteiger partial charge in [0, 0.05) is 11.8 Å². The maximum atomic E-state index is 6.01. The Balaban J connectivity index is 1.47. The molecule has 0 unspecified atom stereocenters. The highest BCUT2D eigenvalue weighted by atomic mass is 16.5. The van der Waals surface area contributed by atoms with E-state index in [0.29, 0.717) is 12.5 Å². The molecule has 2 aromatic carbocycles. The molecule has 1 aliphatic rings. The topological polar surface area (TPSA) is 96.3 Å². The Morgan fingerprint density at radius 1 is 1.11 bits per heavy atom. The van der Waals surface area contributed by atoms with Gasteiger partial charge in [0.15, 0.2) is 5.58 Å². The molecule has 0 spiro atoms. The number of anilines is 1. The van der Waals surface area contributed by atoms with Crippen LogP contribution >= 0.6 is 0 Å². The predicted octanol–water partition coefficient (Wildman–Crippen LogP) is 3.59. The van der Waals surface area contributed by atoms with Crippen LogP contribution in [-0.4, -0.2) is 28.7 Å². The molecular formula is C21H18N4O3. The van der Waals surface area contributed by atoms with Crippen molar-refractivity contribution in [3.8, 4) is 22.8 Å². The van der Waals surface area contributed by atoms with Gasteiger partial charge in [-0.25, -0.2) is 15.0 Å². The van der Waals surface area contributed by atoms with Crippen LogP contribution in [0.5, 0.6) is 11.5 Å². The molecule has 0 saturated carbocycles. The summed E-state index contributed by atoms with van der Waals surface area (Å²) in [6.07, 6.45) is 2.43. The van der Waals surface area contributed by atoms with Crippen molar-refractivity contribution in [2.75, 3.05) is 19.5 Å². The third-order valence-electron chi connectivity index (χ3n) is 4.90. The summed E-state index contributed by atoms with van der Waals surface area (Å²) in [5.41, 5.74) is 9.96. The number of fused-ring (bicyclic) bond motifs is 2. The first-order valence-electron chi connectivity index (χ1n) is 8.99. The largest absolute Gasteiger partial charge is 0.497 e. The second kappa shape index (κ2) is 6.53. The first kappa shape index (κ1) is 16.6. The highest BCUT2D eigenvalue weighted by molar-refractivity contribution is 5.79. The van der Waals surface area contributed by atoms with Gasteiger partial charge >= 0.3 is 0 Å². The smallest absolute Gasteiger partial charge is 0.220 e. The van der Waals surface area contributed by atoms with E-state index in [1.807, 2.05) is 42.5 Å². The Bertz CT molecular complexity index is 1170. The predicted molar refractivity (Wildman–Crippen MR) is 104 cm³/mol. The van der Waals surface area contributed by atoms with E-state index in [0.717, 1.165) is 45.8 Å². The number of nitrogens with two attached hydrogens (primary N) is 1. The molecular weight excluding hydrogens is 356 g/mol. The second-order valence-electron chi connectivity index (χ2n) is 6.72. The van der Waals surface area contributed by atoms with Gasteiger partial charge in [-0.3, -0.25) is 0 Å². The zero-order chi connectivity index (χ0) is 19.1. The summed E-state index contributed by atoms with van der Waals surface area (Å²) in [5, 5.41) is 0. The van der Waals surface area contributed by atoms with Crippen molar-refractivity contribution in [1.29, 1.82) is 0 Å². The van der Waals surface area contributed by atoms with Crippen molar-refractivity contribution in [3.63, 3.8) is 0 Å². The highest BCUT2D eigenvalue weighted by Crippen LogP contribution is 2.35. The van der Waals surface area contributed by atoms with E-state index in [1.165, 1.54) is 0 Å². The molecule has 28 heavy (non-hydrogen) atoms. The lowest BCUT2D eigenvalue weighted by atomic mass is 9.96. The summed E-state index contributed by atoms with van der Waals surface area (Å²) in [6, 6.07) is 13.5. The second-order valence-corrected chi connectivity index (χ2v) is 6.72. The Kier molecular flexibility index (Phi) is 3.86. The number of methoxy groups -OCH3 is 1. The van der Waals surface area contributed by atoms with Gasteiger partial charge in [-0.1, -0.05) is 0 Å². The van der Waals surface area contributed by atoms with Gasteiger partial charge < -0.3 is 19.6 Å². The number of ether oxygens (including phenoxy) is 2. The third-order valence-corrected chi connectivity index (χ3v) is 4.90. The zero-order valence-corrected chi connectivity index (χ0v) is 15.3. The molecule has 3 heterocycles. The molecule has 0 aliphatic carbocycles. The van der Waals surface area contributed by atoms with Gasteiger partial charge in [0.05, 0.1) is 18.7 Å². The van der Waals surface area contributed by atoms with E-state index < -0.39 is 0 Å². The van der Waals surface area contributed by atoms with E-state index in [1.54, 1.807) is 13.3 Å². The number of hydrogen-bond acceptors (Lipinski definition) is 7. The third kappa shape index (κ3) is 2.90. The number of aromatic nitrogens is 3. The quantitative estimate of drug-likeness (QED) is 0.585. The minimum Gasteiger partial charge on any atom is -0.497 e. The maximum absolute atomic E-state index is 6.01. The van der Waals surface area contributed by atoms with E-state index in [-0.39, 0.29) is 11.9 Å². The number of nitrogen functional groups attached to an aromatic ring is 1. The first-order valence-corrected chi connectivity index (χ1v) is 8.99. The van der Waals surface area contributed by atoms with Crippen LogP contribution < -0.4 is 15.2 Å². The maximum Gasteiger partial charge on any atom is 0.220 e. The lowest BCUT2D eigenvalue weighted by Crippen LogP contribution is -2.19. The van der Waals surface area contributed by atoms with E-state index in [9.17, 15) is 0 Å². The van der Waals surface area contributed by atoms with Crippen LogP contribution in [0.1, 0.15) is 17.4 Å². The molecule has 0 saturated heterocycles. The molecule has 7 nitrogen and oxygen atoms in total. The van der Waals surface area contributed by atoms with Gasteiger partial charge in [-0.15, -0.1) is 0 Å². The molecule has 1 aliphatic heterocycles. The number of hydrogen-bond donors (Lipinski definition) is 1. The van der Waals surface area contributed by atoms with Crippen molar-refractivity contribution in [3.05, 3.63) is 60.1 Å². The lowest BCUT2D eigenvalue weighted by molar-refractivity contribution is 0.243. The molecule has 0 radical (unpaired) electrons.